The minimum atomic E-state index is -0.742. The SMILES string of the molecule is O=C1CCCC(=O)OC[C@H]2O[C@H](C/C=C/C[C@H]3O[C@H](CO1)[C@H](OCc1ccccc1)[C@H](OCc1ccccc1)[C@H]3OCc1ccccc1)[C@@H](OCc1ccccc1)[C@@H](OCc1ccccc1)[C@@H]2OCc1ccccc1. The van der Waals surface area contributed by atoms with Gasteiger partial charge in [0.1, 0.15) is 62.0 Å². The van der Waals surface area contributed by atoms with Crippen LogP contribution in [0.2, 0.25) is 0 Å². The van der Waals surface area contributed by atoms with E-state index in [1.165, 1.54) is 0 Å². The maximum Gasteiger partial charge on any atom is 0.305 e. The van der Waals surface area contributed by atoms with Crippen LogP contribution in [0.15, 0.2) is 194 Å². The lowest BCUT2D eigenvalue weighted by Gasteiger charge is -2.46. The summed E-state index contributed by atoms with van der Waals surface area (Å²) in [6.45, 7) is 1.45. The number of esters is 2. The standard InChI is InChI=1S/C63H68O12/c64-56-36-21-37-57(65)67-45-55-61(71-41-49-28-13-4-14-29-49)63(73-43-51-32-17-6-18-33-51)59(69-39-47-24-9-2-10-25-47)53(75-55)35-20-19-34-52-58(68-38-46-22-7-1-8-23-46)62(72-42-50-30-15-5-16-31-50)60(54(74-52)44-66-56)70-40-48-26-11-3-12-27-48/h1-20,22-33,52-55,58-63H,21,34-45H2/b20-19+/t52-,53-,54-,55-,58-,59+,60-,61+,62-,63-/m1/s1. The Morgan fingerprint density at radius 1 is 0.320 bits per heavy atom. The highest BCUT2D eigenvalue weighted by molar-refractivity contribution is 5.72. The van der Waals surface area contributed by atoms with Gasteiger partial charge >= 0.3 is 11.9 Å². The third-order valence-corrected chi connectivity index (χ3v) is 13.7. The molecule has 0 N–H and O–H groups in total. The van der Waals surface area contributed by atoms with Crippen molar-refractivity contribution in [3.63, 3.8) is 0 Å². The zero-order valence-corrected chi connectivity index (χ0v) is 42.3. The van der Waals surface area contributed by atoms with Gasteiger partial charge in [0, 0.05) is 12.8 Å². The summed E-state index contributed by atoms with van der Waals surface area (Å²) in [4.78, 5) is 27.1. The topological polar surface area (TPSA) is 126 Å². The minimum absolute atomic E-state index is 0.0130. The van der Waals surface area contributed by atoms with E-state index in [1.807, 2.05) is 182 Å². The van der Waals surface area contributed by atoms with Crippen molar-refractivity contribution in [1.82, 2.24) is 0 Å². The lowest BCUT2D eigenvalue weighted by molar-refractivity contribution is -0.270. The molecule has 6 aromatic carbocycles. The van der Waals surface area contributed by atoms with E-state index in [2.05, 4.69) is 12.2 Å². The summed E-state index contributed by atoms with van der Waals surface area (Å²) < 4.78 is 67.4. The molecule has 9 rings (SSSR count). The van der Waals surface area contributed by atoms with Crippen molar-refractivity contribution in [2.45, 2.75) is 133 Å². The van der Waals surface area contributed by atoms with Crippen LogP contribution in [0.1, 0.15) is 65.5 Å². The fourth-order valence-corrected chi connectivity index (χ4v) is 9.75. The molecule has 0 aliphatic carbocycles. The van der Waals surface area contributed by atoms with Crippen molar-refractivity contribution in [3.05, 3.63) is 228 Å². The van der Waals surface area contributed by atoms with Gasteiger partial charge in [-0.1, -0.05) is 194 Å². The zero-order valence-electron chi connectivity index (χ0n) is 42.3. The Bertz CT molecular complexity index is 2430. The largest absolute Gasteiger partial charge is 0.463 e. The molecular formula is C63H68O12. The molecule has 2 fully saturated rings. The van der Waals surface area contributed by atoms with Gasteiger partial charge in [-0.2, -0.15) is 0 Å². The zero-order chi connectivity index (χ0) is 51.3. The highest BCUT2D eigenvalue weighted by Crippen LogP contribution is 2.35. The Balaban J connectivity index is 1.05. The summed E-state index contributed by atoms with van der Waals surface area (Å²) in [5.41, 5.74) is 5.88. The first-order valence-electron chi connectivity index (χ1n) is 26.2. The van der Waals surface area contributed by atoms with Crippen LogP contribution in [-0.4, -0.2) is 86.2 Å². The summed E-state index contributed by atoms with van der Waals surface area (Å²) in [5, 5.41) is 0. The van der Waals surface area contributed by atoms with E-state index in [-0.39, 0.29) is 58.9 Å². The van der Waals surface area contributed by atoms with Crippen molar-refractivity contribution >= 4 is 11.9 Å². The van der Waals surface area contributed by atoms with Crippen LogP contribution in [0.5, 0.6) is 0 Å². The lowest BCUT2D eigenvalue weighted by Crippen LogP contribution is -2.61. The van der Waals surface area contributed by atoms with Crippen LogP contribution < -0.4 is 0 Å². The van der Waals surface area contributed by atoms with Crippen LogP contribution >= 0.6 is 0 Å². The summed E-state index contributed by atoms with van der Waals surface area (Å²) in [6.07, 6.45) is -1.49. The smallest absolute Gasteiger partial charge is 0.305 e. The normalized spacial score (nSPS) is 26.1. The molecule has 0 saturated carbocycles. The van der Waals surface area contributed by atoms with E-state index in [9.17, 15) is 9.59 Å². The van der Waals surface area contributed by atoms with Gasteiger partial charge in [0.15, 0.2) is 0 Å². The fraction of sp³-hybridized carbons (Fsp3) is 0.365. The maximum atomic E-state index is 13.5. The molecule has 75 heavy (non-hydrogen) atoms. The first-order valence-corrected chi connectivity index (χ1v) is 26.2. The Kier molecular flexibility index (Phi) is 20.4. The van der Waals surface area contributed by atoms with Crippen LogP contribution in [0.3, 0.4) is 0 Å². The molecule has 0 radical (unpaired) electrons. The molecule has 0 unspecified atom stereocenters. The van der Waals surface area contributed by atoms with Crippen LogP contribution in [-0.2, 0) is 96.6 Å². The van der Waals surface area contributed by atoms with Crippen molar-refractivity contribution in [1.29, 1.82) is 0 Å². The third-order valence-electron chi connectivity index (χ3n) is 13.7. The molecule has 0 amide bonds. The van der Waals surface area contributed by atoms with E-state index in [4.69, 9.17) is 47.4 Å². The van der Waals surface area contributed by atoms with Gasteiger partial charge in [-0.25, -0.2) is 0 Å². The van der Waals surface area contributed by atoms with Crippen LogP contribution in [0.4, 0.5) is 0 Å². The van der Waals surface area contributed by atoms with Crippen molar-refractivity contribution in [3.8, 4) is 0 Å². The highest BCUT2D eigenvalue weighted by atomic mass is 16.6. The molecular weight excluding hydrogens is 949 g/mol. The number of benzene rings is 6. The van der Waals surface area contributed by atoms with Gasteiger partial charge in [-0.05, 0) is 52.6 Å². The number of carbonyl (C=O) groups is 2. The Hall–Kier alpha value is -6.32. The van der Waals surface area contributed by atoms with Crippen molar-refractivity contribution in [2.24, 2.45) is 0 Å². The molecule has 3 aliphatic rings. The Labute approximate surface area is 440 Å². The van der Waals surface area contributed by atoms with Crippen molar-refractivity contribution < 1.29 is 57.0 Å². The summed E-state index contributed by atoms with van der Waals surface area (Å²) in [6, 6.07) is 59.8. The summed E-state index contributed by atoms with van der Waals surface area (Å²) >= 11 is 0. The minimum Gasteiger partial charge on any atom is -0.463 e. The predicted octanol–water partition coefficient (Wildman–Crippen LogP) is 10.6. The van der Waals surface area contributed by atoms with Crippen LogP contribution in [0, 0.1) is 0 Å². The molecule has 10 atom stereocenters. The van der Waals surface area contributed by atoms with E-state index >= 15 is 0 Å². The average Bonchev–Trinajstić information content (AvgIpc) is 3.46. The quantitative estimate of drug-likeness (QED) is 0.0601. The number of hydrogen-bond acceptors (Lipinski definition) is 12. The monoisotopic (exact) mass is 1020 g/mol. The molecule has 3 aliphatic heterocycles. The number of carbonyl (C=O) groups excluding carboxylic acids is 2. The van der Waals surface area contributed by atoms with Gasteiger partial charge < -0.3 is 47.4 Å². The average molecular weight is 1020 g/mol. The second kappa shape index (κ2) is 28.5. The Morgan fingerprint density at radius 3 is 0.827 bits per heavy atom. The molecule has 4 bridgehead atoms. The first kappa shape index (κ1) is 53.5. The number of ether oxygens (including phenoxy) is 10. The number of cyclic esters (lactones) is 2. The molecule has 12 heteroatoms. The van der Waals surface area contributed by atoms with E-state index in [0.717, 1.165) is 33.4 Å². The first-order chi connectivity index (χ1) is 37.0. The molecule has 6 aromatic rings. The molecule has 3 heterocycles. The molecule has 0 spiro atoms. The fourth-order valence-electron chi connectivity index (χ4n) is 9.75. The van der Waals surface area contributed by atoms with E-state index in [0.29, 0.717) is 26.1 Å². The summed E-state index contributed by atoms with van der Waals surface area (Å²) in [7, 11) is 0. The second-order valence-corrected chi connectivity index (χ2v) is 19.2. The molecule has 12 nitrogen and oxygen atoms in total. The predicted molar refractivity (Wildman–Crippen MR) is 282 cm³/mol. The molecule has 2 saturated heterocycles. The van der Waals surface area contributed by atoms with Gasteiger partial charge in [0.25, 0.3) is 0 Å². The third kappa shape index (κ3) is 16.1. The van der Waals surface area contributed by atoms with Gasteiger partial charge in [-0.3, -0.25) is 9.59 Å². The molecule has 0 aromatic heterocycles. The van der Waals surface area contributed by atoms with Gasteiger partial charge in [-0.15, -0.1) is 0 Å². The maximum absolute atomic E-state index is 13.5. The highest BCUT2D eigenvalue weighted by Gasteiger charge is 2.50. The van der Waals surface area contributed by atoms with E-state index in [1.54, 1.807) is 0 Å². The van der Waals surface area contributed by atoms with Crippen molar-refractivity contribution in [2.75, 3.05) is 13.2 Å². The summed E-state index contributed by atoms with van der Waals surface area (Å²) in [5.74, 6) is -0.945. The lowest BCUT2D eigenvalue weighted by atomic mass is 9.91. The van der Waals surface area contributed by atoms with Gasteiger partial charge in [0.2, 0.25) is 0 Å². The second-order valence-electron chi connectivity index (χ2n) is 19.2. The number of rotatable bonds is 18. The number of hydrogen-bond donors (Lipinski definition) is 0. The van der Waals surface area contributed by atoms with E-state index < -0.39 is 73.0 Å². The number of fused-ring (bicyclic) bond motifs is 4. The Morgan fingerprint density at radius 2 is 0.560 bits per heavy atom. The molecule has 392 valence electrons. The van der Waals surface area contributed by atoms with Crippen LogP contribution in [0.25, 0.3) is 0 Å². The van der Waals surface area contributed by atoms with Gasteiger partial charge in [0.05, 0.1) is 51.8 Å².